The first-order valence-corrected chi connectivity index (χ1v) is 48.5. The van der Waals surface area contributed by atoms with Crippen LogP contribution >= 0.6 is 0 Å². The van der Waals surface area contributed by atoms with Crippen molar-refractivity contribution in [3.63, 3.8) is 0 Å². The smallest absolute Gasteiger partial charge is 0.332 e. The lowest BCUT2D eigenvalue weighted by molar-refractivity contribution is -0.152. The number of anilines is 1. The fourth-order valence-corrected chi connectivity index (χ4v) is 26.8. The molecule has 16 heterocycles. The van der Waals surface area contributed by atoms with Crippen LogP contribution in [0, 0.1) is 35.5 Å². The third-order valence-electron chi connectivity index (χ3n) is 32.1. The molecule has 5 spiro atoms. The minimum Gasteiger partial charge on any atom is -0.449 e. The molecule has 1 aromatic heterocycles. The predicted molar refractivity (Wildman–Crippen MR) is 514 cm³/mol. The monoisotopic (exact) mass is 1840 g/mol. The second kappa shape index (κ2) is 37.5. The lowest BCUT2D eigenvalue weighted by Gasteiger charge is -2.38. The van der Waals surface area contributed by atoms with Crippen LogP contribution in [-0.4, -0.2) is 260 Å². The maximum atomic E-state index is 12.3. The van der Waals surface area contributed by atoms with Gasteiger partial charge in [-0.1, -0.05) is 176 Å². The number of carbonyl (C=O) groups is 5. The third-order valence-corrected chi connectivity index (χ3v) is 32.1. The molecule has 137 heavy (non-hydrogen) atoms. The normalized spacial score (nSPS) is 32.8. The van der Waals surface area contributed by atoms with Crippen LogP contribution < -0.4 is 4.90 Å². The number of nitrogens with zero attached hydrogens (tertiary/aromatic N) is 7. The summed E-state index contributed by atoms with van der Waals surface area (Å²) in [6.07, 6.45) is 47.7. The lowest BCUT2D eigenvalue weighted by atomic mass is 9.76. The molecule has 15 aliphatic heterocycles. The van der Waals surface area contributed by atoms with Gasteiger partial charge in [-0.25, -0.2) is 24.0 Å². The lowest BCUT2D eigenvalue weighted by Crippen LogP contribution is -2.48. The second-order valence-corrected chi connectivity index (χ2v) is 39.3. The van der Waals surface area contributed by atoms with E-state index in [1.807, 2.05) is 99.0 Å². The number of carbonyl (C=O) groups excluding carboxylic acids is 5. The number of benzene rings is 4. The van der Waals surface area contributed by atoms with Crippen molar-refractivity contribution in [2.45, 2.75) is 241 Å². The Hall–Kier alpha value is -11.7. The standard InChI is InChI=1S/C23H26N2O2.C23H25NO4.C23H23NO4.C22H22N2O4.C22H21NO3/c1-24(2)18-10-7-16(8-11-18)6-9-17-13-19-15-23(20(17)14-22(26)27-23)21-5-3-4-12-25(19)21;2*1-26-22(27-2)19-10-11-20-23-14-17(24(19)20)12-16(18(23)13-21(25)28-23)9-8-15-6-4-3-5-7-15;1-26-21(27-2)18-7-8-19-22-12-16(24(18)19)10-15(17(22)11-20(25)28-22)6-5-14-4-3-9-23-13-14;24-14-16-6-4-15(5-7-16)8-9-17-11-18-13-22(19(17)12-21(25)26-22)20-3-1-2-10-23(18)20/h6-11,13-14,19,21H,3-5,12,15H2,1-2H3;3-9,12-13,17,19-20,22H,10-11,14H2,1-2H3;3-7,12-13,17,19-20,22H,10-11,14H2,1-2H3;3-4,9-11,13,16,18-19,21H,7-8,12H2,1-2H3;4-7,11-12,18,20,24H,1-3,10,13-14H2. The minimum atomic E-state index is -0.601. The molecule has 5 aromatic rings. The molecule has 4 aromatic carbocycles. The molecule has 10 fully saturated rings. The van der Waals surface area contributed by atoms with Gasteiger partial charge in [-0.15, -0.1) is 0 Å². The van der Waals surface area contributed by atoms with Crippen molar-refractivity contribution in [3.8, 4) is 35.5 Å². The molecule has 10 bridgehead atoms. The highest BCUT2D eigenvalue weighted by Crippen LogP contribution is 2.62. The van der Waals surface area contributed by atoms with Gasteiger partial charge in [-0.3, -0.25) is 29.5 Å². The van der Waals surface area contributed by atoms with E-state index in [0.29, 0.717) is 24.2 Å². The molecule has 0 saturated carbocycles. The summed E-state index contributed by atoms with van der Waals surface area (Å²) in [6, 6.07) is 42.7. The number of hydrogen-bond acceptors (Lipinski definition) is 24. The number of rotatable bonds is 15. The van der Waals surface area contributed by atoms with Gasteiger partial charge in [0.15, 0.2) is 46.9 Å². The zero-order valence-corrected chi connectivity index (χ0v) is 78.8. The van der Waals surface area contributed by atoms with Gasteiger partial charge in [0.2, 0.25) is 0 Å². The van der Waals surface area contributed by atoms with E-state index in [1.165, 1.54) is 31.4 Å². The van der Waals surface area contributed by atoms with Gasteiger partial charge in [-0.2, -0.15) is 0 Å². The van der Waals surface area contributed by atoms with Crippen LogP contribution in [0.3, 0.4) is 0 Å². The molecule has 10 saturated heterocycles. The highest BCUT2D eigenvalue weighted by molar-refractivity contribution is 5.93. The Balaban J connectivity index is 0.000000102. The van der Waals surface area contributed by atoms with E-state index in [0.717, 1.165) is 186 Å². The molecular weight excluding hydrogens is 1730 g/mol. The molecule has 25 rings (SSSR count). The van der Waals surface area contributed by atoms with Crippen LogP contribution in [0.1, 0.15) is 143 Å². The largest absolute Gasteiger partial charge is 0.449 e. The fraction of sp³-hybridized carbons (Fsp3) is 0.434. The van der Waals surface area contributed by atoms with Crippen molar-refractivity contribution in [2.75, 3.05) is 74.7 Å². The maximum absolute atomic E-state index is 12.3. The van der Waals surface area contributed by atoms with E-state index in [-0.39, 0.29) is 110 Å². The number of methoxy groups -OCH3 is 6. The summed E-state index contributed by atoms with van der Waals surface area (Å²) >= 11 is 0. The van der Waals surface area contributed by atoms with Crippen LogP contribution in [0.5, 0.6) is 0 Å². The van der Waals surface area contributed by atoms with Gasteiger partial charge in [0.1, 0.15) is 0 Å². The van der Waals surface area contributed by atoms with Gasteiger partial charge < -0.3 is 62.1 Å². The third kappa shape index (κ3) is 16.2. The van der Waals surface area contributed by atoms with E-state index in [4.69, 9.17) is 57.2 Å². The van der Waals surface area contributed by atoms with E-state index in [1.54, 1.807) is 85.4 Å². The summed E-state index contributed by atoms with van der Waals surface area (Å²) in [4.78, 5) is 79.8. The van der Waals surface area contributed by atoms with Gasteiger partial charge in [0.05, 0.1) is 54.9 Å². The van der Waals surface area contributed by atoms with Crippen molar-refractivity contribution in [1.29, 1.82) is 0 Å². The molecule has 5 aliphatic carbocycles. The summed E-state index contributed by atoms with van der Waals surface area (Å²) in [7, 11) is 14.2. The Labute approximate surface area is 801 Å². The zero-order chi connectivity index (χ0) is 94.2. The number of esters is 5. The number of aliphatic hydroxyl groups excluding tert-OH is 1. The molecule has 24 heteroatoms. The summed E-state index contributed by atoms with van der Waals surface area (Å²) < 4.78 is 63.3. The van der Waals surface area contributed by atoms with Crippen LogP contribution in [0.4, 0.5) is 5.69 Å². The Morgan fingerprint density at radius 3 is 1.17 bits per heavy atom. The molecule has 18 atom stereocenters. The Morgan fingerprint density at radius 2 is 0.745 bits per heavy atom. The molecule has 0 amide bonds. The second-order valence-electron chi connectivity index (χ2n) is 39.3. The Bertz CT molecular complexity index is 6050. The SMILES string of the molecule is CN(C)c1ccc(C=CC2=CC3CC4(OC(=O)C=C24)C2CCCCN32)cc1.COC(OC)C1CCC2N1C1C=C(C#Cc3ccccc3)C3=CC(=O)OC32C1.COC(OC)C1CCC2N1C1C=C(C#Cc3cccnc3)C3=CC(=O)OC32C1.COC(OC)C1CCC2N1C1C=C(C=Cc3ccccc3)C3=CC(=O)OC32C1.O=C1C=C2C(C#Cc3ccc(CO)cc3)=CC3CC2(O1)C1CCCCN31. The first-order valence-electron chi connectivity index (χ1n) is 48.5. The van der Waals surface area contributed by atoms with Crippen molar-refractivity contribution in [2.24, 2.45) is 0 Å². The molecular formula is C113H117N7O17. The molecule has 1 N–H and O–H groups in total. The number of ether oxygens (including phenoxy) is 11. The summed E-state index contributed by atoms with van der Waals surface area (Å²) in [5.74, 6) is 18.3. The Morgan fingerprint density at radius 1 is 0.387 bits per heavy atom. The number of aliphatic hydroxyl groups is 1. The van der Waals surface area contributed by atoms with Gasteiger partial charge in [0.25, 0.3) is 0 Å². The van der Waals surface area contributed by atoms with Crippen molar-refractivity contribution in [1.82, 2.24) is 29.5 Å². The molecule has 0 radical (unpaired) electrons. The summed E-state index contributed by atoms with van der Waals surface area (Å²) in [5, 5.41) is 9.15. The van der Waals surface area contributed by atoms with Crippen LogP contribution in [-0.2, 0) is 82.7 Å². The first-order chi connectivity index (χ1) is 66.7. The van der Waals surface area contributed by atoms with E-state index >= 15 is 0 Å². The van der Waals surface area contributed by atoms with Gasteiger partial charge in [-0.05, 0) is 154 Å². The van der Waals surface area contributed by atoms with Crippen molar-refractivity contribution >= 4 is 47.7 Å². The minimum absolute atomic E-state index is 0.0343. The number of piperidine rings is 2. The number of hydrogen-bond donors (Lipinski definition) is 1. The number of pyridine rings is 1. The van der Waals surface area contributed by atoms with Crippen molar-refractivity contribution < 1.29 is 81.2 Å². The zero-order valence-electron chi connectivity index (χ0n) is 78.8. The van der Waals surface area contributed by atoms with Crippen LogP contribution in [0.25, 0.3) is 12.2 Å². The number of allylic oxidation sites excluding steroid dienone is 2. The highest BCUT2D eigenvalue weighted by atomic mass is 16.7. The quantitative estimate of drug-likeness (QED) is 0.0443. The van der Waals surface area contributed by atoms with Crippen molar-refractivity contribution in [3.05, 3.63) is 296 Å². The average Bonchev–Trinajstić information content (AvgIpc) is 1.54. The molecule has 24 nitrogen and oxygen atoms in total. The first kappa shape index (κ1) is 91.7. The topological polar surface area (TPSA) is 239 Å². The van der Waals surface area contributed by atoms with E-state index < -0.39 is 28.0 Å². The van der Waals surface area contributed by atoms with Gasteiger partial charge in [0, 0.05) is 229 Å². The van der Waals surface area contributed by atoms with Gasteiger partial charge >= 0.3 is 29.8 Å². The summed E-state index contributed by atoms with van der Waals surface area (Å²) in [5.41, 5.74) is 14.4. The van der Waals surface area contributed by atoms with E-state index in [9.17, 15) is 24.0 Å². The number of aromatic nitrogens is 1. The summed E-state index contributed by atoms with van der Waals surface area (Å²) in [6.45, 7) is 2.22. The highest BCUT2D eigenvalue weighted by Gasteiger charge is 2.70. The fourth-order valence-electron chi connectivity index (χ4n) is 26.8. The molecule has 20 aliphatic rings. The van der Waals surface area contributed by atoms with E-state index in [2.05, 4.69) is 161 Å². The average molecular weight is 1850 g/mol. The number of fused-ring (bicyclic) bond motifs is 15. The van der Waals surface area contributed by atoms with Crippen LogP contribution in [0.15, 0.2) is 262 Å². The molecule has 18 unspecified atom stereocenters. The Kier molecular flexibility index (Phi) is 25.1. The molecule has 706 valence electrons. The predicted octanol–water partition coefficient (Wildman–Crippen LogP) is 13.2. The maximum Gasteiger partial charge on any atom is 0.332 e. The van der Waals surface area contributed by atoms with Crippen LogP contribution in [0.2, 0.25) is 0 Å².